The van der Waals surface area contributed by atoms with Crippen molar-refractivity contribution in [3.63, 3.8) is 0 Å². The molecule has 186 valence electrons. The van der Waals surface area contributed by atoms with E-state index in [0.29, 0.717) is 39.0 Å². The number of halogens is 2. The zero-order valence-electron chi connectivity index (χ0n) is 19.4. The van der Waals surface area contributed by atoms with Crippen LogP contribution in [-0.2, 0) is 16.6 Å². The van der Waals surface area contributed by atoms with E-state index in [1.807, 2.05) is 60.7 Å². The number of fused-ring (bicyclic) bond motifs is 1. The second-order valence-corrected chi connectivity index (χ2v) is 10.6. The fourth-order valence-electron chi connectivity index (χ4n) is 4.33. The van der Waals surface area contributed by atoms with Gasteiger partial charge in [0.25, 0.3) is 5.92 Å². The summed E-state index contributed by atoms with van der Waals surface area (Å²) in [5.41, 5.74) is 3.01. The third kappa shape index (κ3) is 4.39. The minimum atomic E-state index is -4.20. The summed E-state index contributed by atoms with van der Waals surface area (Å²) in [5.74, 6) is -3.22. The predicted octanol–water partition coefficient (Wildman–Crippen LogP) is 4.40. The van der Waals surface area contributed by atoms with E-state index in [-0.39, 0.29) is 17.3 Å². The zero-order valence-corrected chi connectivity index (χ0v) is 20.2. The molecule has 0 spiro atoms. The van der Waals surface area contributed by atoms with Gasteiger partial charge in [0.2, 0.25) is 10.0 Å². The number of nitrogens with one attached hydrogen (secondary N) is 2. The maximum atomic E-state index is 13.5. The monoisotopic (exact) mass is 510 g/mol. The molecule has 2 heterocycles. The topological polar surface area (TPSA) is 97.8 Å². The lowest BCUT2D eigenvalue weighted by Crippen LogP contribution is -2.58. The molecule has 0 aliphatic carbocycles. The average molecular weight is 511 g/mol. The number of aromatic hydroxyl groups is 1. The number of hydrogen-bond donors (Lipinski definition) is 3. The van der Waals surface area contributed by atoms with Crippen molar-refractivity contribution < 1.29 is 22.3 Å². The van der Waals surface area contributed by atoms with Gasteiger partial charge in [-0.25, -0.2) is 22.2 Å². The Hall–Kier alpha value is -3.60. The van der Waals surface area contributed by atoms with E-state index >= 15 is 0 Å². The minimum Gasteiger partial charge on any atom is -0.494 e. The Kier molecular flexibility index (Phi) is 6.11. The molecule has 1 saturated heterocycles. The van der Waals surface area contributed by atoms with Crippen molar-refractivity contribution in [2.75, 3.05) is 20.1 Å². The van der Waals surface area contributed by atoms with Gasteiger partial charge in [0.05, 0.1) is 34.9 Å². The molecule has 7 nitrogen and oxygen atoms in total. The van der Waals surface area contributed by atoms with Crippen molar-refractivity contribution in [1.29, 1.82) is 0 Å². The molecule has 1 aromatic heterocycles. The Bertz CT molecular complexity index is 1540. The van der Waals surface area contributed by atoms with E-state index in [9.17, 15) is 22.3 Å². The molecule has 1 aliphatic rings. The fraction of sp³-hybridized carbons (Fsp3) is 0.192. The molecule has 0 atom stereocenters. The molecular formula is C26H24F2N4O3S. The highest BCUT2D eigenvalue weighted by atomic mass is 32.2. The van der Waals surface area contributed by atoms with Gasteiger partial charge in [0, 0.05) is 23.0 Å². The molecular weight excluding hydrogens is 486 g/mol. The van der Waals surface area contributed by atoms with Crippen molar-refractivity contribution in [2.24, 2.45) is 4.99 Å². The number of rotatable bonds is 7. The smallest absolute Gasteiger partial charge is 0.275 e. The van der Waals surface area contributed by atoms with Crippen molar-refractivity contribution in [2.45, 2.75) is 17.4 Å². The molecule has 4 aromatic rings. The number of para-hydroxylation sites is 1. The number of sulfonamides is 1. The number of aromatic amines is 1. The van der Waals surface area contributed by atoms with E-state index in [2.05, 4.69) is 10.3 Å². The summed E-state index contributed by atoms with van der Waals surface area (Å²) in [6.45, 7) is -1.53. The standard InChI is InChI=1S/C26H24F2N4O3S/c1-29-14-18-12-21-20(13-22(18)36(34,35)32-15-26(27,28)16-32)23(25(33)31-21)24(17-8-4-2-5-9-17)30-19-10-6-3-7-11-19/h2-13,29,31,33H,14-16H2,1H3. The molecule has 3 N–H and O–H groups in total. The first-order valence-corrected chi connectivity index (χ1v) is 12.7. The molecule has 0 saturated carbocycles. The normalized spacial score (nSPS) is 16.2. The van der Waals surface area contributed by atoms with Gasteiger partial charge in [-0.15, -0.1) is 0 Å². The van der Waals surface area contributed by atoms with Crippen LogP contribution in [0.1, 0.15) is 16.7 Å². The largest absolute Gasteiger partial charge is 0.494 e. The van der Waals surface area contributed by atoms with Crippen LogP contribution in [0.15, 0.2) is 82.7 Å². The molecule has 10 heteroatoms. The summed E-state index contributed by atoms with van der Waals surface area (Å²) < 4.78 is 54.5. The van der Waals surface area contributed by atoms with Crippen LogP contribution >= 0.6 is 0 Å². The lowest BCUT2D eigenvalue weighted by molar-refractivity contribution is -0.0945. The third-order valence-corrected chi connectivity index (χ3v) is 7.92. The maximum Gasteiger partial charge on any atom is 0.275 e. The molecule has 3 aromatic carbocycles. The van der Waals surface area contributed by atoms with Gasteiger partial charge in [-0.3, -0.25) is 0 Å². The highest BCUT2D eigenvalue weighted by molar-refractivity contribution is 7.89. The second kappa shape index (κ2) is 9.12. The Morgan fingerprint density at radius 3 is 2.33 bits per heavy atom. The van der Waals surface area contributed by atoms with Crippen molar-refractivity contribution in [1.82, 2.24) is 14.6 Å². The van der Waals surface area contributed by atoms with Gasteiger partial charge in [-0.2, -0.15) is 4.31 Å². The number of aliphatic imine (C=N–C) groups is 1. The number of nitrogens with zero attached hydrogens (tertiary/aromatic N) is 2. The number of alkyl halides is 2. The van der Waals surface area contributed by atoms with Crippen LogP contribution in [0.25, 0.3) is 10.9 Å². The zero-order chi connectivity index (χ0) is 25.5. The summed E-state index contributed by atoms with van der Waals surface area (Å²) in [5, 5.41) is 14.3. The lowest BCUT2D eigenvalue weighted by Gasteiger charge is -2.37. The molecule has 1 fully saturated rings. The number of hydrogen-bond acceptors (Lipinski definition) is 5. The Labute approximate surface area is 207 Å². The van der Waals surface area contributed by atoms with E-state index in [1.54, 1.807) is 13.1 Å². The molecule has 36 heavy (non-hydrogen) atoms. The van der Waals surface area contributed by atoms with Crippen LogP contribution in [0.2, 0.25) is 0 Å². The fourth-order valence-corrected chi connectivity index (χ4v) is 6.06. The molecule has 5 rings (SSSR count). The number of benzene rings is 3. The van der Waals surface area contributed by atoms with Crippen molar-refractivity contribution in [3.8, 4) is 5.88 Å². The van der Waals surface area contributed by atoms with Gasteiger partial charge in [-0.1, -0.05) is 48.5 Å². The van der Waals surface area contributed by atoms with Crippen LogP contribution in [0.3, 0.4) is 0 Å². The Morgan fingerprint density at radius 1 is 1.08 bits per heavy atom. The summed E-state index contributed by atoms with van der Waals surface area (Å²) in [4.78, 5) is 7.62. The summed E-state index contributed by atoms with van der Waals surface area (Å²) in [7, 11) is -2.53. The summed E-state index contributed by atoms with van der Waals surface area (Å²) >= 11 is 0. The van der Waals surface area contributed by atoms with Crippen LogP contribution in [-0.4, -0.2) is 54.6 Å². The molecule has 0 unspecified atom stereocenters. The third-order valence-electron chi connectivity index (χ3n) is 6.04. The SMILES string of the molecule is CNCc1cc2[nH]c(O)c(C(=Nc3ccccc3)c3ccccc3)c2cc1S(=O)(=O)N1CC(F)(F)C1. The van der Waals surface area contributed by atoms with E-state index in [4.69, 9.17) is 4.99 Å². The molecule has 0 radical (unpaired) electrons. The van der Waals surface area contributed by atoms with E-state index in [0.717, 1.165) is 4.31 Å². The summed E-state index contributed by atoms with van der Waals surface area (Å²) in [6, 6.07) is 21.5. The first kappa shape index (κ1) is 24.1. The number of aromatic nitrogens is 1. The van der Waals surface area contributed by atoms with Gasteiger partial charge in [-0.05, 0) is 36.9 Å². The van der Waals surface area contributed by atoms with Gasteiger partial charge < -0.3 is 15.4 Å². The summed E-state index contributed by atoms with van der Waals surface area (Å²) in [6.07, 6.45) is 0. The van der Waals surface area contributed by atoms with Crippen molar-refractivity contribution in [3.05, 3.63) is 89.5 Å². The maximum absolute atomic E-state index is 13.5. The highest BCUT2D eigenvalue weighted by Crippen LogP contribution is 2.38. The second-order valence-electron chi connectivity index (χ2n) is 8.68. The highest BCUT2D eigenvalue weighted by Gasteiger charge is 2.50. The molecule has 0 amide bonds. The van der Waals surface area contributed by atoms with Crippen LogP contribution < -0.4 is 5.32 Å². The molecule has 1 aliphatic heterocycles. The van der Waals surface area contributed by atoms with E-state index < -0.39 is 29.0 Å². The first-order chi connectivity index (χ1) is 17.2. The van der Waals surface area contributed by atoms with Gasteiger partial charge in [0.1, 0.15) is 0 Å². The lowest BCUT2D eigenvalue weighted by atomic mass is 10.00. The van der Waals surface area contributed by atoms with Crippen LogP contribution in [0.5, 0.6) is 5.88 Å². The number of H-pyrrole nitrogens is 1. The Balaban J connectivity index is 1.74. The molecule has 0 bridgehead atoms. The minimum absolute atomic E-state index is 0.0905. The van der Waals surface area contributed by atoms with Crippen molar-refractivity contribution >= 4 is 32.3 Å². The van der Waals surface area contributed by atoms with Gasteiger partial charge in [0.15, 0.2) is 5.88 Å². The quantitative estimate of drug-likeness (QED) is 0.321. The van der Waals surface area contributed by atoms with Crippen LogP contribution in [0.4, 0.5) is 14.5 Å². The van der Waals surface area contributed by atoms with E-state index in [1.165, 1.54) is 6.07 Å². The predicted molar refractivity (Wildman–Crippen MR) is 135 cm³/mol. The Morgan fingerprint density at radius 2 is 1.72 bits per heavy atom. The van der Waals surface area contributed by atoms with Crippen LogP contribution in [0, 0.1) is 0 Å². The first-order valence-electron chi connectivity index (χ1n) is 11.3. The van der Waals surface area contributed by atoms with Gasteiger partial charge >= 0.3 is 0 Å². The average Bonchev–Trinajstić information content (AvgIpc) is 3.16.